The van der Waals surface area contributed by atoms with E-state index in [-0.39, 0.29) is 5.91 Å². The Bertz CT molecular complexity index is 500. The van der Waals surface area contributed by atoms with Gasteiger partial charge in [-0.05, 0) is 30.5 Å². The van der Waals surface area contributed by atoms with E-state index < -0.39 is 0 Å². The summed E-state index contributed by atoms with van der Waals surface area (Å²) in [6.45, 7) is 2.03. The number of nitrogens with zero attached hydrogens (tertiary/aromatic N) is 1. The maximum atomic E-state index is 11.5. The molecule has 82 valence electrons. The number of hydrazone groups is 1. The van der Waals surface area contributed by atoms with E-state index in [9.17, 15) is 4.79 Å². The summed E-state index contributed by atoms with van der Waals surface area (Å²) in [6.07, 6.45) is 1.66. The van der Waals surface area contributed by atoms with Crippen LogP contribution < -0.4 is 5.43 Å². The van der Waals surface area contributed by atoms with Crippen molar-refractivity contribution in [1.29, 1.82) is 0 Å². The topological polar surface area (TPSA) is 41.5 Å². The Morgan fingerprint density at radius 3 is 2.94 bits per heavy atom. The minimum atomic E-state index is -0.167. The molecule has 0 atom stereocenters. The van der Waals surface area contributed by atoms with Gasteiger partial charge in [0.05, 0.1) is 11.1 Å². The Morgan fingerprint density at radius 2 is 2.31 bits per heavy atom. The second kappa shape index (κ2) is 5.05. The lowest BCUT2D eigenvalue weighted by molar-refractivity contribution is 0.0959. The molecule has 2 rings (SSSR count). The summed E-state index contributed by atoms with van der Waals surface area (Å²) >= 11 is 3.04. The molecule has 0 radical (unpaired) electrons. The number of aryl methyl sites for hydroxylation is 1. The molecular weight excluding hydrogens is 240 g/mol. The third-order valence-corrected chi connectivity index (χ3v) is 3.67. The average molecular weight is 250 g/mol. The van der Waals surface area contributed by atoms with E-state index in [0.717, 1.165) is 4.88 Å². The SMILES string of the molecule is Cc1ccc(/C=N/NC(=O)c2cccs2)s1. The van der Waals surface area contributed by atoms with Crippen molar-refractivity contribution in [2.75, 3.05) is 0 Å². The van der Waals surface area contributed by atoms with Gasteiger partial charge in [0, 0.05) is 9.75 Å². The zero-order valence-electron chi connectivity index (χ0n) is 8.64. The monoisotopic (exact) mass is 250 g/mol. The zero-order chi connectivity index (χ0) is 11.4. The lowest BCUT2D eigenvalue weighted by atomic mass is 10.4. The van der Waals surface area contributed by atoms with E-state index in [1.165, 1.54) is 16.2 Å². The summed E-state index contributed by atoms with van der Waals surface area (Å²) < 4.78 is 0. The predicted molar refractivity (Wildman–Crippen MR) is 68.4 cm³/mol. The van der Waals surface area contributed by atoms with Gasteiger partial charge in [0.25, 0.3) is 5.91 Å². The van der Waals surface area contributed by atoms with Crippen molar-refractivity contribution in [3.05, 3.63) is 44.3 Å². The van der Waals surface area contributed by atoms with Gasteiger partial charge in [-0.1, -0.05) is 6.07 Å². The molecule has 3 nitrogen and oxygen atoms in total. The number of rotatable bonds is 3. The van der Waals surface area contributed by atoms with Crippen molar-refractivity contribution in [1.82, 2.24) is 5.43 Å². The Labute approximate surface area is 101 Å². The molecule has 0 aliphatic heterocycles. The maximum Gasteiger partial charge on any atom is 0.281 e. The van der Waals surface area contributed by atoms with E-state index in [1.807, 2.05) is 30.5 Å². The van der Waals surface area contributed by atoms with Crippen LogP contribution in [0.25, 0.3) is 0 Å². The summed E-state index contributed by atoms with van der Waals surface area (Å²) in [5.74, 6) is -0.167. The second-order valence-electron chi connectivity index (χ2n) is 3.12. The molecule has 16 heavy (non-hydrogen) atoms. The van der Waals surface area contributed by atoms with Crippen LogP contribution >= 0.6 is 22.7 Å². The first kappa shape index (κ1) is 11.0. The fourth-order valence-corrected chi connectivity index (χ4v) is 2.50. The molecule has 0 unspecified atom stereocenters. The second-order valence-corrected chi connectivity index (χ2v) is 5.39. The largest absolute Gasteiger partial charge is 0.281 e. The first-order valence-corrected chi connectivity index (χ1v) is 6.38. The fourth-order valence-electron chi connectivity index (χ4n) is 1.14. The normalized spacial score (nSPS) is 10.8. The van der Waals surface area contributed by atoms with Gasteiger partial charge in [-0.15, -0.1) is 22.7 Å². The van der Waals surface area contributed by atoms with Crippen LogP contribution in [0.4, 0.5) is 0 Å². The Morgan fingerprint density at radius 1 is 1.44 bits per heavy atom. The van der Waals surface area contributed by atoms with Gasteiger partial charge >= 0.3 is 0 Å². The first-order chi connectivity index (χ1) is 7.75. The molecule has 1 amide bonds. The van der Waals surface area contributed by atoms with Crippen LogP contribution in [0, 0.1) is 6.92 Å². The van der Waals surface area contributed by atoms with Crippen molar-refractivity contribution < 1.29 is 4.79 Å². The minimum absolute atomic E-state index is 0.167. The lowest BCUT2D eigenvalue weighted by Crippen LogP contribution is -2.15. The van der Waals surface area contributed by atoms with Gasteiger partial charge in [0.1, 0.15) is 0 Å². The maximum absolute atomic E-state index is 11.5. The molecule has 1 N–H and O–H groups in total. The molecule has 0 spiro atoms. The van der Waals surface area contributed by atoms with Crippen LogP contribution in [0.1, 0.15) is 19.4 Å². The van der Waals surface area contributed by atoms with E-state index in [4.69, 9.17) is 0 Å². The summed E-state index contributed by atoms with van der Waals surface area (Å²) in [5, 5.41) is 5.77. The van der Waals surface area contributed by atoms with Gasteiger partial charge in [0.15, 0.2) is 0 Å². The molecule has 2 heterocycles. The van der Waals surface area contributed by atoms with E-state index >= 15 is 0 Å². The van der Waals surface area contributed by atoms with Crippen LogP contribution in [0.2, 0.25) is 0 Å². The predicted octanol–water partition coefficient (Wildman–Crippen LogP) is 2.88. The van der Waals surface area contributed by atoms with Crippen LogP contribution in [-0.4, -0.2) is 12.1 Å². The number of nitrogens with one attached hydrogen (secondary N) is 1. The molecule has 0 fully saturated rings. The van der Waals surface area contributed by atoms with Crippen molar-refractivity contribution in [2.45, 2.75) is 6.92 Å². The minimum Gasteiger partial charge on any atom is -0.266 e. The average Bonchev–Trinajstić information content (AvgIpc) is 2.89. The third kappa shape index (κ3) is 2.77. The van der Waals surface area contributed by atoms with Gasteiger partial charge in [-0.3, -0.25) is 4.79 Å². The number of hydrogen-bond donors (Lipinski definition) is 1. The van der Waals surface area contributed by atoms with Gasteiger partial charge < -0.3 is 0 Å². The van der Waals surface area contributed by atoms with Crippen molar-refractivity contribution in [3.8, 4) is 0 Å². The fraction of sp³-hybridized carbons (Fsp3) is 0.0909. The molecule has 5 heteroatoms. The van der Waals surface area contributed by atoms with E-state index in [2.05, 4.69) is 10.5 Å². The smallest absolute Gasteiger partial charge is 0.266 e. The molecule has 2 aromatic heterocycles. The standard InChI is InChI=1S/C11H10N2OS2/c1-8-4-5-9(16-8)7-12-13-11(14)10-3-2-6-15-10/h2-7H,1H3,(H,13,14)/b12-7+. The highest BCUT2D eigenvalue weighted by molar-refractivity contribution is 7.13. The third-order valence-electron chi connectivity index (χ3n) is 1.86. The van der Waals surface area contributed by atoms with Crippen molar-refractivity contribution in [3.63, 3.8) is 0 Å². The van der Waals surface area contributed by atoms with Gasteiger partial charge in [0.2, 0.25) is 0 Å². The van der Waals surface area contributed by atoms with Crippen LogP contribution in [0.5, 0.6) is 0 Å². The van der Waals surface area contributed by atoms with E-state index in [1.54, 1.807) is 23.6 Å². The summed E-state index contributed by atoms with van der Waals surface area (Å²) in [4.78, 5) is 14.4. The molecule has 2 aromatic rings. The highest BCUT2D eigenvalue weighted by atomic mass is 32.1. The van der Waals surface area contributed by atoms with Crippen molar-refractivity contribution in [2.24, 2.45) is 5.10 Å². The number of hydrogen-bond acceptors (Lipinski definition) is 4. The quantitative estimate of drug-likeness (QED) is 0.660. The highest BCUT2D eigenvalue weighted by Crippen LogP contribution is 2.12. The molecule has 0 bridgehead atoms. The van der Waals surface area contributed by atoms with Crippen LogP contribution in [-0.2, 0) is 0 Å². The lowest BCUT2D eigenvalue weighted by Gasteiger charge is -1.93. The Balaban J connectivity index is 1.93. The van der Waals surface area contributed by atoms with Crippen LogP contribution in [0.3, 0.4) is 0 Å². The molecule has 0 aliphatic carbocycles. The number of carbonyl (C=O) groups excluding carboxylic acids is 1. The molecule has 0 aliphatic rings. The summed E-state index contributed by atoms with van der Waals surface area (Å²) in [6, 6.07) is 7.60. The Kier molecular flexibility index (Phi) is 3.48. The summed E-state index contributed by atoms with van der Waals surface area (Å²) in [5.41, 5.74) is 2.49. The molecular formula is C11H10N2OS2. The molecule has 0 saturated heterocycles. The Hall–Kier alpha value is -1.46. The number of carbonyl (C=O) groups is 1. The van der Waals surface area contributed by atoms with Crippen LogP contribution in [0.15, 0.2) is 34.7 Å². The van der Waals surface area contributed by atoms with E-state index in [0.29, 0.717) is 4.88 Å². The molecule has 0 saturated carbocycles. The molecule has 0 aromatic carbocycles. The van der Waals surface area contributed by atoms with Gasteiger partial charge in [-0.25, -0.2) is 5.43 Å². The first-order valence-electron chi connectivity index (χ1n) is 4.69. The number of thiophene rings is 2. The number of amides is 1. The van der Waals surface area contributed by atoms with Gasteiger partial charge in [-0.2, -0.15) is 5.10 Å². The van der Waals surface area contributed by atoms with Crippen molar-refractivity contribution >= 4 is 34.8 Å². The summed E-state index contributed by atoms with van der Waals surface area (Å²) in [7, 11) is 0. The zero-order valence-corrected chi connectivity index (χ0v) is 10.3. The highest BCUT2D eigenvalue weighted by Gasteiger charge is 2.03.